The first-order chi connectivity index (χ1) is 7.10. The molecule has 1 aromatic carbocycles. The smallest absolute Gasteiger partial charge is 0.200 e. The molecule has 0 bridgehead atoms. The molecule has 0 radical (unpaired) electrons. The third kappa shape index (κ3) is 1.44. The van der Waals surface area contributed by atoms with Crippen LogP contribution in [0.4, 0.5) is 0 Å². The van der Waals surface area contributed by atoms with E-state index in [-0.39, 0.29) is 11.5 Å². The van der Waals surface area contributed by atoms with Crippen LogP contribution in [0.5, 0.6) is 5.75 Å². The average molecular weight is 226 g/mol. The lowest BCUT2D eigenvalue weighted by molar-refractivity contribution is 0.348. The number of sulfone groups is 1. The number of aliphatic hydroxyl groups excluding tert-OH is 1. The van der Waals surface area contributed by atoms with E-state index in [1.165, 1.54) is 13.2 Å². The van der Waals surface area contributed by atoms with Crippen LogP contribution < -0.4 is 4.74 Å². The molecule has 4 nitrogen and oxygen atoms in total. The van der Waals surface area contributed by atoms with Gasteiger partial charge in [0.15, 0.2) is 0 Å². The van der Waals surface area contributed by atoms with E-state index in [2.05, 4.69) is 0 Å². The molecular formula is C10H10O4S. The van der Waals surface area contributed by atoms with Crippen LogP contribution in [0, 0.1) is 0 Å². The van der Waals surface area contributed by atoms with Crippen molar-refractivity contribution in [2.75, 3.05) is 13.7 Å². The minimum atomic E-state index is -3.40. The van der Waals surface area contributed by atoms with Gasteiger partial charge >= 0.3 is 0 Å². The van der Waals surface area contributed by atoms with Crippen LogP contribution in [-0.2, 0) is 9.84 Å². The Hall–Kier alpha value is -1.33. The zero-order valence-electron chi connectivity index (χ0n) is 8.10. The van der Waals surface area contributed by atoms with Gasteiger partial charge in [-0.25, -0.2) is 8.42 Å². The Bertz CT molecular complexity index is 528. The molecule has 0 saturated heterocycles. The molecule has 1 N–H and O–H groups in total. The van der Waals surface area contributed by atoms with Crippen molar-refractivity contribution in [3.63, 3.8) is 0 Å². The molecule has 0 atom stereocenters. The number of rotatable bonds is 2. The summed E-state index contributed by atoms with van der Waals surface area (Å²) in [7, 11) is -1.93. The highest BCUT2D eigenvalue weighted by molar-refractivity contribution is 7.95. The predicted molar refractivity (Wildman–Crippen MR) is 55.2 cm³/mol. The highest BCUT2D eigenvalue weighted by Crippen LogP contribution is 2.38. The molecule has 0 aliphatic carbocycles. The number of hydrogen-bond donors (Lipinski definition) is 1. The van der Waals surface area contributed by atoms with Gasteiger partial charge in [0.05, 0.1) is 18.6 Å². The monoisotopic (exact) mass is 226 g/mol. The molecule has 0 saturated carbocycles. The van der Waals surface area contributed by atoms with Crippen molar-refractivity contribution >= 4 is 15.4 Å². The first-order valence-corrected chi connectivity index (χ1v) is 5.88. The summed E-state index contributed by atoms with van der Waals surface area (Å²) >= 11 is 0. The summed E-state index contributed by atoms with van der Waals surface area (Å²) in [5, 5.41) is 10.2. The van der Waals surface area contributed by atoms with Crippen molar-refractivity contribution in [2.24, 2.45) is 0 Å². The summed E-state index contributed by atoms with van der Waals surface area (Å²) < 4.78 is 28.4. The Balaban J connectivity index is 2.78. The fraction of sp³-hybridized carbons (Fsp3) is 0.200. The van der Waals surface area contributed by atoms with Crippen LogP contribution in [-0.4, -0.2) is 27.2 Å². The molecule has 1 heterocycles. The first-order valence-electron chi connectivity index (χ1n) is 4.34. The SMILES string of the molecule is COc1cccc2c1C(CO)=CS2(=O)=O. The fourth-order valence-corrected chi connectivity index (χ4v) is 3.14. The lowest BCUT2D eigenvalue weighted by atomic mass is 10.1. The summed E-state index contributed by atoms with van der Waals surface area (Å²) in [5.74, 6) is 0.467. The van der Waals surface area contributed by atoms with Crippen LogP contribution in [0.15, 0.2) is 28.5 Å². The maximum absolute atomic E-state index is 11.6. The third-order valence-electron chi connectivity index (χ3n) is 2.30. The van der Waals surface area contributed by atoms with Crippen LogP contribution in [0.1, 0.15) is 5.56 Å². The van der Waals surface area contributed by atoms with E-state index in [1.54, 1.807) is 12.1 Å². The second-order valence-electron chi connectivity index (χ2n) is 3.18. The fourth-order valence-electron chi connectivity index (χ4n) is 1.66. The van der Waals surface area contributed by atoms with E-state index in [0.717, 1.165) is 5.41 Å². The van der Waals surface area contributed by atoms with Crippen LogP contribution in [0.25, 0.3) is 5.57 Å². The minimum absolute atomic E-state index is 0.200. The van der Waals surface area contributed by atoms with Gasteiger partial charge in [-0.15, -0.1) is 0 Å². The molecule has 0 spiro atoms. The molecular weight excluding hydrogens is 216 g/mol. The Morgan fingerprint density at radius 1 is 1.40 bits per heavy atom. The standard InChI is InChI=1S/C10H10O4S/c1-14-8-3-2-4-9-10(8)7(5-11)6-15(9,12)13/h2-4,6,11H,5H2,1H3. The van der Waals surface area contributed by atoms with Crippen molar-refractivity contribution < 1.29 is 18.3 Å². The van der Waals surface area contributed by atoms with Crippen LogP contribution >= 0.6 is 0 Å². The quantitative estimate of drug-likeness (QED) is 0.810. The third-order valence-corrected chi connectivity index (χ3v) is 3.85. The Kier molecular flexibility index (Phi) is 2.28. The molecule has 0 unspecified atom stereocenters. The van der Waals surface area contributed by atoms with Crippen molar-refractivity contribution in [1.29, 1.82) is 0 Å². The molecule has 80 valence electrons. The lowest BCUT2D eigenvalue weighted by Crippen LogP contribution is -1.96. The molecule has 1 aromatic rings. The second-order valence-corrected chi connectivity index (χ2v) is 4.95. The van der Waals surface area contributed by atoms with E-state index in [0.29, 0.717) is 16.9 Å². The van der Waals surface area contributed by atoms with E-state index in [1.807, 2.05) is 0 Å². The summed E-state index contributed by atoms with van der Waals surface area (Å²) in [6.45, 7) is -0.313. The molecule has 5 heteroatoms. The largest absolute Gasteiger partial charge is 0.496 e. The second kappa shape index (κ2) is 3.36. The van der Waals surface area contributed by atoms with Crippen molar-refractivity contribution in [3.8, 4) is 5.75 Å². The van der Waals surface area contributed by atoms with Gasteiger partial charge in [0.1, 0.15) is 5.75 Å². The zero-order chi connectivity index (χ0) is 11.1. The van der Waals surface area contributed by atoms with Gasteiger partial charge in [-0.1, -0.05) is 6.07 Å². The Morgan fingerprint density at radius 2 is 2.13 bits per heavy atom. The van der Waals surface area contributed by atoms with Gasteiger partial charge in [-0.05, 0) is 12.1 Å². The molecule has 0 aromatic heterocycles. The normalized spacial score (nSPS) is 17.1. The van der Waals surface area contributed by atoms with E-state index in [9.17, 15) is 8.42 Å². The molecule has 0 fully saturated rings. The maximum Gasteiger partial charge on any atom is 0.200 e. The number of aliphatic hydroxyl groups is 1. The topological polar surface area (TPSA) is 63.6 Å². The summed E-state index contributed by atoms with van der Waals surface area (Å²) in [5.41, 5.74) is 0.852. The number of ether oxygens (including phenoxy) is 1. The molecule has 2 rings (SSSR count). The highest BCUT2D eigenvalue weighted by Gasteiger charge is 2.29. The van der Waals surface area contributed by atoms with Gasteiger partial charge in [0, 0.05) is 16.5 Å². The van der Waals surface area contributed by atoms with Gasteiger partial charge < -0.3 is 9.84 Å². The number of hydrogen-bond acceptors (Lipinski definition) is 4. The molecule has 15 heavy (non-hydrogen) atoms. The summed E-state index contributed by atoms with van der Waals surface area (Å²) in [6.07, 6.45) is 0. The van der Waals surface area contributed by atoms with Gasteiger partial charge in [-0.2, -0.15) is 0 Å². The van der Waals surface area contributed by atoms with Gasteiger partial charge in [-0.3, -0.25) is 0 Å². The van der Waals surface area contributed by atoms with E-state index >= 15 is 0 Å². The molecule has 0 amide bonds. The van der Waals surface area contributed by atoms with Crippen molar-refractivity contribution in [3.05, 3.63) is 29.2 Å². The first kappa shape index (κ1) is 10.2. The number of fused-ring (bicyclic) bond motifs is 1. The minimum Gasteiger partial charge on any atom is -0.496 e. The molecule has 1 aliphatic rings. The summed E-state index contributed by atoms with van der Waals surface area (Å²) in [4.78, 5) is 0.200. The average Bonchev–Trinajstić information content (AvgIpc) is 2.50. The van der Waals surface area contributed by atoms with E-state index < -0.39 is 9.84 Å². The maximum atomic E-state index is 11.6. The Labute approximate surface area is 87.7 Å². The van der Waals surface area contributed by atoms with E-state index in [4.69, 9.17) is 9.84 Å². The highest BCUT2D eigenvalue weighted by atomic mass is 32.2. The molecule has 1 aliphatic heterocycles. The zero-order valence-corrected chi connectivity index (χ0v) is 8.91. The number of methoxy groups -OCH3 is 1. The van der Waals surface area contributed by atoms with Crippen LogP contribution in [0.2, 0.25) is 0 Å². The lowest BCUT2D eigenvalue weighted by Gasteiger charge is -2.07. The van der Waals surface area contributed by atoms with Gasteiger partial charge in [0.25, 0.3) is 0 Å². The van der Waals surface area contributed by atoms with Crippen LogP contribution in [0.3, 0.4) is 0 Å². The van der Waals surface area contributed by atoms with Crippen molar-refractivity contribution in [1.82, 2.24) is 0 Å². The Morgan fingerprint density at radius 3 is 2.73 bits per heavy atom. The predicted octanol–water partition coefficient (Wildman–Crippen LogP) is 0.816. The number of benzene rings is 1. The van der Waals surface area contributed by atoms with Gasteiger partial charge in [0.2, 0.25) is 9.84 Å². The summed E-state index contributed by atoms with van der Waals surface area (Å²) in [6, 6.07) is 4.79. The van der Waals surface area contributed by atoms with Crippen molar-refractivity contribution in [2.45, 2.75) is 4.90 Å².